The molecule has 1 heterocycles. The molecule has 0 bridgehead atoms. The number of likely N-dealkylation sites (tertiary alicyclic amines) is 1. The lowest BCUT2D eigenvalue weighted by Crippen LogP contribution is -2.31. The van der Waals surface area contributed by atoms with Crippen LogP contribution in [0.5, 0.6) is 0 Å². The van der Waals surface area contributed by atoms with Crippen LogP contribution in [0.15, 0.2) is 24.3 Å². The van der Waals surface area contributed by atoms with Gasteiger partial charge < -0.3 is 10.2 Å². The largest absolute Gasteiger partial charge is 0.352 e. The standard InChI is InChI=1S/C15H22N2O/c1-12-5-3-6-13(11-12)15(18)16-9-8-14-7-4-10-17(14)2/h3,5-6,11,14H,4,7-10H2,1-2H3,(H,16,18). The van der Waals surface area contributed by atoms with Crippen LogP contribution < -0.4 is 5.32 Å². The predicted octanol–water partition coefficient (Wildman–Crippen LogP) is 2.21. The van der Waals surface area contributed by atoms with Crippen LogP contribution in [0.1, 0.15) is 35.2 Å². The number of rotatable bonds is 4. The van der Waals surface area contributed by atoms with Crippen molar-refractivity contribution in [3.63, 3.8) is 0 Å². The summed E-state index contributed by atoms with van der Waals surface area (Å²) >= 11 is 0. The van der Waals surface area contributed by atoms with E-state index in [1.807, 2.05) is 31.2 Å². The average Bonchev–Trinajstić information content (AvgIpc) is 2.75. The Morgan fingerprint density at radius 2 is 2.33 bits per heavy atom. The van der Waals surface area contributed by atoms with Gasteiger partial charge in [-0.25, -0.2) is 0 Å². The van der Waals surface area contributed by atoms with Gasteiger partial charge in [0.15, 0.2) is 0 Å². The molecule has 98 valence electrons. The first-order valence-corrected chi connectivity index (χ1v) is 6.72. The van der Waals surface area contributed by atoms with Gasteiger partial charge >= 0.3 is 0 Å². The molecule has 1 unspecified atom stereocenters. The molecule has 1 aliphatic rings. The normalized spacial score (nSPS) is 20.0. The van der Waals surface area contributed by atoms with E-state index in [0.29, 0.717) is 6.04 Å². The minimum atomic E-state index is 0.0411. The number of carbonyl (C=O) groups is 1. The van der Waals surface area contributed by atoms with Crippen LogP contribution in [-0.2, 0) is 0 Å². The lowest BCUT2D eigenvalue weighted by Gasteiger charge is -2.19. The molecule has 18 heavy (non-hydrogen) atoms. The van der Waals surface area contributed by atoms with Gasteiger partial charge in [-0.2, -0.15) is 0 Å². The Bertz CT molecular complexity index is 417. The molecule has 1 saturated heterocycles. The number of carbonyl (C=O) groups excluding carboxylic acids is 1. The number of hydrogen-bond acceptors (Lipinski definition) is 2. The van der Waals surface area contributed by atoms with Crippen LogP contribution >= 0.6 is 0 Å². The summed E-state index contributed by atoms with van der Waals surface area (Å²) in [5.41, 5.74) is 1.88. The van der Waals surface area contributed by atoms with Crippen LogP contribution in [0, 0.1) is 6.92 Å². The van der Waals surface area contributed by atoms with E-state index in [2.05, 4.69) is 17.3 Å². The topological polar surface area (TPSA) is 32.3 Å². The second kappa shape index (κ2) is 6.01. The lowest BCUT2D eigenvalue weighted by atomic mass is 10.1. The first kappa shape index (κ1) is 13.1. The average molecular weight is 246 g/mol. The summed E-state index contributed by atoms with van der Waals surface area (Å²) in [6.45, 7) is 3.96. The van der Waals surface area contributed by atoms with E-state index in [-0.39, 0.29) is 5.91 Å². The maximum absolute atomic E-state index is 11.9. The number of nitrogens with zero attached hydrogens (tertiary/aromatic N) is 1. The van der Waals surface area contributed by atoms with Crippen molar-refractivity contribution >= 4 is 5.91 Å². The molecule has 1 aromatic rings. The number of benzene rings is 1. The summed E-state index contributed by atoms with van der Waals surface area (Å²) < 4.78 is 0. The second-order valence-electron chi connectivity index (χ2n) is 5.19. The molecule has 3 heteroatoms. The van der Waals surface area contributed by atoms with Gasteiger partial charge in [-0.1, -0.05) is 17.7 Å². The van der Waals surface area contributed by atoms with E-state index in [0.717, 1.165) is 24.1 Å². The molecule has 1 fully saturated rings. The summed E-state index contributed by atoms with van der Waals surface area (Å²) in [6, 6.07) is 8.36. The van der Waals surface area contributed by atoms with Crippen molar-refractivity contribution in [2.75, 3.05) is 20.1 Å². The highest BCUT2D eigenvalue weighted by molar-refractivity contribution is 5.94. The molecule has 0 spiro atoms. The van der Waals surface area contributed by atoms with Gasteiger partial charge in [0.25, 0.3) is 5.91 Å². The Balaban J connectivity index is 1.78. The molecule has 0 aliphatic carbocycles. The van der Waals surface area contributed by atoms with Crippen molar-refractivity contribution in [1.82, 2.24) is 10.2 Å². The monoisotopic (exact) mass is 246 g/mol. The number of amides is 1. The Hall–Kier alpha value is -1.35. The molecule has 1 N–H and O–H groups in total. The lowest BCUT2D eigenvalue weighted by molar-refractivity contribution is 0.0950. The predicted molar refractivity (Wildman–Crippen MR) is 73.8 cm³/mol. The van der Waals surface area contributed by atoms with E-state index in [9.17, 15) is 4.79 Å². The molecular formula is C15H22N2O. The molecule has 2 rings (SSSR count). The fourth-order valence-corrected chi connectivity index (χ4v) is 2.58. The van der Waals surface area contributed by atoms with Gasteiger partial charge in [-0.3, -0.25) is 4.79 Å². The maximum atomic E-state index is 11.9. The van der Waals surface area contributed by atoms with E-state index < -0.39 is 0 Å². The summed E-state index contributed by atoms with van der Waals surface area (Å²) in [5.74, 6) is 0.0411. The molecular weight excluding hydrogens is 224 g/mol. The Kier molecular flexibility index (Phi) is 4.37. The van der Waals surface area contributed by atoms with Crippen LogP contribution in [-0.4, -0.2) is 37.0 Å². The summed E-state index contributed by atoms with van der Waals surface area (Å²) in [4.78, 5) is 14.3. The Morgan fingerprint density at radius 1 is 1.50 bits per heavy atom. The molecule has 1 atom stereocenters. The molecule has 3 nitrogen and oxygen atoms in total. The van der Waals surface area contributed by atoms with E-state index in [4.69, 9.17) is 0 Å². The zero-order valence-corrected chi connectivity index (χ0v) is 11.3. The minimum absolute atomic E-state index is 0.0411. The van der Waals surface area contributed by atoms with Crippen molar-refractivity contribution in [1.29, 1.82) is 0 Å². The molecule has 1 aromatic carbocycles. The maximum Gasteiger partial charge on any atom is 0.251 e. The zero-order valence-electron chi connectivity index (χ0n) is 11.3. The van der Waals surface area contributed by atoms with Crippen molar-refractivity contribution in [3.05, 3.63) is 35.4 Å². The summed E-state index contributed by atoms with van der Waals surface area (Å²) in [7, 11) is 2.17. The Labute approximate surface area is 109 Å². The Morgan fingerprint density at radius 3 is 3.00 bits per heavy atom. The third kappa shape index (κ3) is 3.33. The first-order chi connectivity index (χ1) is 8.66. The second-order valence-corrected chi connectivity index (χ2v) is 5.19. The van der Waals surface area contributed by atoms with Crippen LogP contribution in [0.4, 0.5) is 0 Å². The highest BCUT2D eigenvalue weighted by atomic mass is 16.1. The first-order valence-electron chi connectivity index (χ1n) is 6.72. The summed E-state index contributed by atoms with van der Waals surface area (Å²) in [5, 5.41) is 3.01. The summed E-state index contributed by atoms with van der Waals surface area (Å²) in [6.07, 6.45) is 3.60. The number of aryl methyl sites for hydroxylation is 1. The fraction of sp³-hybridized carbons (Fsp3) is 0.533. The van der Waals surface area contributed by atoms with E-state index >= 15 is 0 Å². The SMILES string of the molecule is Cc1cccc(C(=O)NCCC2CCCN2C)c1. The highest BCUT2D eigenvalue weighted by Gasteiger charge is 2.20. The highest BCUT2D eigenvalue weighted by Crippen LogP contribution is 2.17. The van der Waals surface area contributed by atoms with Gasteiger partial charge in [-0.15, -0.1) is 0 Å². The van der Waals surface area contributed by atoms with Crippen LogP contribution in [0.2, 0.25) is 0 Å². The van der Waals surface area contributed by atoms with E-state index in [1.54, 1.807) is 0 Å². The van der Waals surface area contributed by atoms with E-state index in [1.165, 1.54) is 19.4 Å². The third-order valence-corrected chi connectivity index (χ3v) is 3.71. The van der Waals surface area contributed by atoms with Gasteiger partial charge in [0.2, 0.25) is 0 Å². The quantitative estimate of drug-likeness (QED) is 0.883. The van der Waals surface area contributed by atoms with Gasteiger partial charge in [0.05, 0.1) is 0 Å². The smallest absolute Gasteiger partial charge is 0.251 e. The molecule has 0 saturated carbocycles. The number of nitrogens with one attached hydrogen (secondary N) is 1. The molecule has 1 amide bonds. The van der Waals surface area contributed by atoms with Crippen LogP contribution in [0.3, 0.4) is 0 Å². The van der Waals surface area contributed by atoms with Gasteiger partial charge in [0, 0.05) is 18.2 Å². The van der Waals surface area contributed by atoms with Crippen molar-refractivity contribution in [2.24, 2.45) is 0 Å². The van der Waals surface area contributed by atoms with Crippen molar-refractivity contribution in [3.8, 4) is 0 Å². The van der Waals surface area contributed by atoms with Gasteiger partial charge in [0.1, 0.15) is 0 Å². The van der Waals surface area contributed by atoms with Crippen LogP contribution in [0.25, 0.3) is 0 Å². The zero-order chi connectivity index (χ0) is 13.0. The molecule has 1 aliphatic heterocycles. The third-order valence-electron chi connectivity index (χ3n) is 3.71. The fourth-order valence-electron chi connectivity index (χ4n) is 2.58. The van der Waals surface area contributed by atoms with Crippen molar-refractivity contribution in [2.45, 2.75) is 32.2 Å². The van der Waals surface area contributed by atoms with Gasteiger partial charge in [-0.05, 0) is 51.9 Å². The molecule has 0 aromatic heterocycles. The van der Waals surface area contributed by atoms with Crippen molar-refractivity contribution < 1.29 is 4.79 Å². The molecule has 0 radical (unpaired) electrons. The minimum Gasteiger partial charge on any atom is -0.352 e. The number of hydrogen-bond donors (Lipinski definition) is 1.